The number of nitrogens with zero attached hydrogens (tertiary/aromatic N) is 5. The first-order valence-corrected chi connectivity index (χ1v) is 8.74. The summed E-state index contributed by atoms with van der Waals surface area (Å²) in [5.41, 5.74) is 1.11. The average molecular weight is 325 g/mol. The van der Waals surface area contributed by atoms with Crippen molar-refractivity contribution in [2.24, 2.45) is 0 Å². The van der Waals surface area contributed by atoms with Crippen molar-refractivity contribution in [3.63, 3.8) is 0 Å². The van der Waals surface area contributed by atoms with Gasteiger partial charge in [-0.05, 0) is 25.1 Å². The van der Waals surface area contributed by atoms with Crippen LogP contribution < -0.4 is 4.90 Å². The second-order valence-electron chi connectivity index (χ2n) is 5.77. The van der Waals surface area contributed by atoms with Crippen molar-refractivity contribution < 1.29 is 0 Å². The molecule has 4 rings (SSSR count). The molecule has 0 aliphatic carbocycles. The first-order chi connectivity index (χ1) is 11.3. The lowest BCUT2D eigenvalue weighted by molar-refractivity contribution is 0.197. The molecule has 1 aliphatic heterocycles. The summed E-state index contributed by atoms with van der Waals surface area (Å²) in [7, 11) is 0. The Morgan fingerprint density at radius 3 is 2.48 bits per heavy atom. The second-order valence-corrected chi connectivity index (χ2v) is 6.83. The lowest BCUT2D eigenvalue weighted by atomic mass is 10.2. The Hall–Kier alpha value is -2.05. The summed E-state index contributed by atoms with van der Waals surface area (Å²) < 4.78 is 1.27. The van der Waals surface area contributed by atoms with Gasteiger partial charge in [-0.1, -0.05) is 12.1 Å². The maximum atomic E-state index is 4.80. The molecule has 0 radical (unpaired) electrons. The number of rotatable bonds is 3. The summed E-state index contributed by atoms with van der Waals surface area (Å²) in [4.78, 5) is 18.2. The Balaban J connectivity index is 1.45. The highest BCUT2D eigenvalue weighted by Gasteiger charge is 2.25. The van der Waals surface area contributed by atoms with Crippen LogP contribution in [0.25, 0.3) is 10.2 Å². The molecule has 3 heterocycles. The fourth-order valence-electron chi connectivity index (χ4n) is 2.99. The first-order valence-electron chi connectivity index (χ1n) is 7.93. The van der Waals surface area contributed by atoms with Crippen molar-refractivity contribution in [1.29, 1.82) is 0 Å². The predicted octanol–water partition coefficient (Wildman–Crippen LogP) is 2.97. The van der Waals surface area contributed by atoms with E-state index in [1.54, 1.807) is 23.7 Å². The summed E-state index contributed by atoms with van der Waals surface area (Å²) in [6.45, 7) is 6.19. The minimum absolute atomic E-state index is 0.353. The summed E-state index contributed by atoms with van der Waals surface area (Å²) in [5, 5.41) is 1.20. The number of fused-ring (bicyclic) bond motifs is 1. The van der Waals surface area contributed by atoms with E-state index >= 15 is 0 Å². The maximum Gasteiger partial charge on any atom is 0.225 e. The zero-order chi connectivity index (χ0) is 15.6. The van der Waals surface area contributed by atoms with Crippen molar-refractivity contribution in [3.8, 4) is 0 Å². The van der Waals surface area contributed by atoms with Gasteiger partial charge in [-0.2, -0.15) is 0 Å². The van der Waals surface area contributed by atoms with Crippen molar-refractivity contribution in [3.05, 3.63) is 47.7 Å². The van der Waals surface area contributed by atoms with Crippen molar-refractivity contribution >= 4 is 27.5 Å². The maximum absolute atomic E-state index is 4.80. The zero-order valence-corrected chi connectivity index (χ0v) is 13.9. The highest BCUT2D eigenvalue weighted by Crippen LogP contribution is 2.30. The third-order valence-electron chi connectivity index (χ3n) is 4.36. The van der Waals surface area contributed by atoms with E-state index in [9.17, 15) is 0 Å². The topological polar surface area (TPSA) is 45.2 Å². The van der Waals surface area contributed by atoms with Gasteiger partial charge in [0.1, 0.15) is 5.01 Å². The standard InChI is InChI=1S/C17H19N5S/c1-13(16-20-14-5-2-3-6-15(14)23-16)21-9-11-22(12-10-21)17-18-7-4-8-19-17/h2-8,13H,9-12H2,1H3. The predicted molar refractivity (Wildman–Crippen MR) is 93.9 cm³/mol. The molecule has 1 unspecified atom stereocenters. The Bertz CT molecular complexity index is 747. The van der Waals surface area contributed by atoms with Gasteiger partial charge in [0, 0.05) is 38.6 Å². The smallest absolute Gasteiger partial charge is 0.225 e. The minimum atomic E-state index is 0.353. The summed E-state index contributed by atoms with van der Waals surface area (Å²) >= 11 is 1.81. The van der Waals surface area contributed by atoms with Gasteiger partial charge < -0.3 is 4.90 Å². The van der Waals surface area contributed by atoms with Crippen molar-refractivity contribution in [1.82, 2.24) is 19.9 Å². The number of hydrogen-bond acceptors (Lipinski definition) is 6. The monoisotopic (exact) mass is 325 g/mol. The lowest BCUT2D eigenvalue weighted by Crippen LogP contribution is -2.47. The Kier molecular flexibility index (Phi) is 3.93. The molecule has 0 bridgehead atoms. The van der Waals surface area contributed by atoms with Crippen LogP contribution in [-0.4, -0.2) is 46.0 Å². The third-order valence-corrected chi connectivity index (χ3v) is 5.57. The molecule has 118 valence electrons. The molecule has 6 heteroatoms. The first kappa shape index (κ1) is 14.5. The van der Waals surface area contributed by atoms with Gasteiger partial charge in [0.25, 0.3) is 0 Å². The lowest BCUT2D eigenvalue weighted by Gasteiger charge is -2.37. The molecule has 0 spiro atoms. The molecule has 1 aromatic carbocycles. The van der Waals surface area contributed by atoms with Crippen LogP contribution in [0.3, 0.4) is 0 Å². The van der Waals surface area contributed by atoms with Gasteiger partial charge in [-0.25, -0.2) is 15.0 Å². The van der Waals surface area contributed by atoms with Gasteiger partial charge >= 0.3 is 0 Å². The number of hydrogen-bond donors (Lipinski definition) is 0. The zero-order valence-electron chi connectivity index (χ0n) is 13.1. The number of piperazine rings is 1. The van der Waals surface area contributed by atoms with Gasteiger partial charge in [-0.15, -0.1) is 11.3 Å². The molecule has 1 fully saturated rings. The molecule has 5 nitrogen and oxygen atoms in total. The Morgan fingerprint density at radius 1 is 1.00 bits per heavy atom. The highest BCUT2D eigenvalue weighted by atomic mass is 32.1. The highest BCUT2D eigenvalue weighted by molar-refractivity contribution is 7.18. The van der Waals surface area contributed by atoms with E-state index in [0.717, 1.165) is 37.6 Å². The quantitative estimate of drug-likeness (QED) is 0.741. The van der Waals surface area contributed by atoms with Crippen LogP contribution in [-0.2, 0) is 0 Å². The molecule has 0 amide bonds. The number of anilines is 1. The minimum Gasteiger partial charge on any atom is -0.338 e. The van der Waals surface area contributed by atoms with Gasteiger partial charge in [-0.3, -0.25) is 4.90 Å². The van der Waals surface area contributed by atoms with E-state index in [1.165, 1.54) is 9.71 Å². The van der Waals surface area contributed by atoms with Crippen LogP contribution in [0.2, 0.25) is 0 Å². The SMILES string of the molecule is CC(c1nc2ccccc2s1)N1CCN(c2ncccn2)CC1. The van der Waals surface area contributed by atoms with Crippen LogP contribution in [0.5, 0.6) is 0 Å². The molecule has 3 aromatic rings. The van der Waals surface area contributed by atoms with Crippen LogP contribution in [0.15, 0.2) is 42.7 Å². The van der Waals surface area contributed by atoms with Crippen molar-refractivity contribution in [2.45, 2.75) is 13.0 Å². The van der Waals surface area contributed by atoms with E-state index in [2.05, 4.69) is 51.0 Å². The summed E-state index contributed by atoms with van der Waals surface area (Å²) in [6, 6.07) is 10.6. The molecular formula is C17H19N5S. The van der Waals surface area contributed by atoms with Crippen molar-refractivity contribution in [2.75, 3.05) is 31.1 Å². The molecule has 23 heavy (non-hydrogen) atoms. The Morgan fingerprint density at radius 2 is 1.74 bits per heavy atom. The molecule has 1 saturated heterocycles. The fourth-order valence-corrected chi connectivity index (χ4v) is 4.04. The fraction of sp³-hybridized carbons (Fsp3) is 0.353. The molecule has 2 aromatic heterocycles. The van der Waals surface area contributed by atoms with Gasteiger partial charge in [0.15, 0.2) is 0 Å². The largest absolute Gasteiger partial charge is 0.338 e. The summed E-state index contributed by atoms with van der Waals surface area (Å²) in [5.74, 6) is 0.833. The van der Waals surface area contributed by atoms with Crippen LogP contribution in [0.1, 0.15) is 18.0 Å². The second kappa shape index (κ2) is 6.22. The van der Waals surface area contributed by atoms with E-state index in [1.807, 2.05) is 6.07 Å². The normalized spacial score (nSPS) is 17.5. The number of para-hydroxylation sites is 1. The number of aromatic nitrogens is 3. The molecule has 0 N–H and O–H groups in total. The number of thiazole rings is 1. The van der Waals surface area contributed by atoms with E-state index in [4.69, 9.17) is 4.98 Å². The van der Waals surface area contributed by atoms with E-state index in [0.29, 0.717) is 6.04 Å². The summed E-state index contributed by atoms with van der Waals surface area (Å²) in [6.07, 6.45) is 3.61. The van der Waals surface area contributed by atoms with Gasteiger partial charge in [0.2, 0.25) is 5.95 Å². The van der Waals surface area contributed by atoms with Gasteiger partial charge in [0.05, 0.1) is 16.3 Å². The van der Waals surface area contributed by atoms with E-state index < -0.39 is 0 Å². The molecule has 0 saturated carbocycles. The molecule has 1 aliphatic rings. The average Bonchev–Trinajstić information content (AvgIpc) is 3.06. The van der Waals surface area contributed by atoms with Crippen LogP contribution >= 0.6 is 11.3 Å². The van der Waals surface area contributed by atoms with Crippen LogP contribution in [0, 0.1) is 0 Å². The molecular weight excluding hydrogens is 306 g/mol. The van der Waals surface area contributed by atoms with E-state index in [-0.39, 0.29) is 0 Å². The third kappa shape index (κ3) is 2.92. The Labute approximate surface area is 139 Å². The molecule has 1 atom stereocenters. The number of benzene rings is 1. The van der Waals surface area contributed by atoms with Crippen LogP contribution in [0.4, 0.5) is 5.95 Å².